The number of hydrogen-bond acceptors (Lipinski definition) is 3. The molecule has 0 amide bonds. The van der Waals surface area contributed by atoms with Crippen LogP contribution >= 0.6 is 0 Å². The van der Waals surface area contributed by atoms with Gasteiger partial charge in [0.15, 0.2) is 0 Å². The molecule has 4 heteroatoms. The standard InChI is InChI=1S/C11H18N4/c1-5-11-10(6-7-12)13-14-15(11)9(4)8(2)3/h8-9H,5-6H2,1-4H3. The molecule has 4 nitrogen and oxygen atoms in total. The lowest BCUT2D eigenvalue weighted by molar-refractivity contribution is 0.359. The van der Waals surface area contributed by atoms with Gasteiger partial charge in [-0.3, -0.25) is 0 Å². The van der Waals surface area contributed by atoms with Gasteiger partial charge in [-0.2, -0.15) is 5.26 Å². The van der Waals surface area contributed by atoms with E-state index >= 15 is 0 Å². The minimum atomic E-state index is 0.333. The molecule has 82 valence electrons. The average molecular weight is 206 g/mol. The van der Waals surface area contributed by atoms with Crippen LogP contribution in [-0.2, 0) is 12.8 Å². The molecule has 0 spiro atoms. The van der Waals surface area contributed by atoms with Crippen molar-refractivity contribution in [2.75, 3.05) is 0 Å². The van der Waals surface area contributed by atoms with Crippen LogP contribution in [0.15, 0.2) is 0 Å². The summed E-state index contributed by atoms with van der Waals surface area (Å²) in [6, 6.07) is 2.46. The van der Waals surface area contributed by atoms with E-state index < -0.39 is 0 Å². The van der Waals surface area contributed by atoms with Crippen LogP contribution in [0.2, 0.25) is 0 Å². The number of nitriles is 1. The van der Waals surface area contributed by atoms with Crippen LogP contribution in [0.4, 0.5) is 0 Å². The summed E-state index contributed by atoms with van der Waals surface area (Å²) >= 11 is 0. The fourth-order valence-electron chi connectivity index (χ4n) is 1.53. The van der Waals surface area contributed by atoms with Gasteiger partial charge in [-0.1, -0.05) is 26.0 Å². The van der Waals surface area contributed by atoms with E-state index in [1.54, 1.807) is 0 Å². The fourth-order valence-corrected chi connectivity index (χ4v) is 1.53. The van der Waals surface area contributed by atoms with Gasteiger partial charge in [0, 0.05) is 0 Å². The molecule has 0 aliphatic rings. The minimum absolute atomic E-state index is 0.333. The molecule has 0 saturated carbocycles. The van der Waals surface area contributed by atoms with E-state index in [0.717, 1.165) is 17.8 Å². The average Bonchev–Trinajstić information content (AvgIpc) is 2.60. The van der Waals surface area contributed by atoms with Gasteiger partial charge in [0.2, 0.25) is 0 Å². The van der Waals surface area contributed by atoms with Crippen molar-refractivity contribution >= 4 is 0 Å². The Labute approximate surface area is 90.9 Å². The Morgan fingerprint density at radius 2 is 2.07 bits per heavy atom. The molecule has 0 N–H and O–H groups in total. The van der Waals surface area contributed by atoms with Crippen LogP contribution in [0.1, 0.15) is 45.1 Å². The molecular weight excluding hydrogens is 188 g/mol. The smallest absolute Gasteiger partial charge is 0.0999 e. The molecule has 1 atom stereocenters. The Kier molecular flexibility index (Phi) is 3.84. The Hall–Kier alpha value is -1.37. The molecule has 0 radical (unpaired) electrons. The van der Waals surface area contributed by atoms with Crippen LogP contribution < -0.4 is 0 Å². The maximum Gasteiger partial charge on any atom is 0.0999 e. The van der Waals surface area contributed by atoms with E-state index in [9.17, 15) is 0 Å². The van der Waals surface area contributed by atoms with Crippen molar-refractivity contribution in [3.63, 3.8) is 0 Å². The van der Waals surface area contributed by atoms with Crippen LogP contribution in [0, 0.1) is 17.2 Å². The van der Waals surface area contributed by atoms with Gasteiger partial charge in [0.25, 0.3) is 0 Å². The van der Waals surface area contributed by atoms with E-state index in [2.05, 4.69) is 44.1 Å². The zero-order valence-corrected chi connectivity index (χ0v) is 9.86. The lowest BCUT2D eigenvalue weighted by Crippen LogP contribution is -2.16. The summed E-state index contributed by atoms with van der Waals surface area (Å²) in [6.07, 6.45) is 1.23. The first-order valence-corrected chi connectivity index (χ1v) is 5.41. The summed E-state index contributed by atoms with van der Waals surface area (Å²) in [7, 11) is 0. The molecule has 0 fully saturated rings. The van der Waals surface area contributed by atoms with Crippen molar-refractivity contribution in [2.45, 2.75) is 46.6 Å². The van der Waals surface area contributed by atoms with Crippen molar-refractivity contribution < 1.29 is 0 Å². The maximum atomic E-state index is 8.67. The molecule has 1 aromatic heterocycles. The molecule has 0 saturated heterocycles. The topological polar surface area (TPSA) is 54.5 Å². The summed E-state index contributed by atoms with van der Waals surface area (Å²) < 4.78 is 1.96. The van der Waals surface area contributed by atoms with Gasteiger partial charge in [-0.15, -0.1) is 5.10 Å². The minimum Gasteiger partial charge on any atom is -0.246 e. The maximum absolute atomic E-state index is 8.67. The molecule has 15 heavy (non-hydrogen) atoms. The highest BCUT2D eigenvalue weighted by Crippen LogP contribution is 2.19. The Morgan fingerprint density at radius 3 is 2.53 bits per heavy atom. The Balaban J connectivity index is 3.04. The first-order valence-electron chi connectivity index (χ1n) is 5.41. The summed E-state index contributed by atoms with van der Waals surface area (Å²) in [5.41, 5.74) is 1.92. The molecular formula is C11H18N4. The predicted octanol–water partition coefficient (Wildman–Crippen LogP) is 2.12. The van der Waals surface area contributed by atoms with Crippen molar-refractivity contribution in [1.82, 2.24) is 15.0 Å². The highest BCUT2D eigenvalue weighted by atomic mass is 15.4. The third kappa shape index (κ3) is 2.35. The number of nitrogens with zero attached hydrogens (tertiary/aromatic N) is 4. The molecule has 1 unspecified atom stereocenters. The molecule has 0 aliphatic carbocycles. The summed E-state index contributed by atoms with van der Waals surface area (Å²) in [6.45, 7) is 8.53. The number of rotatable bonds is 4. The van der Waals surface area contributed by atoms with E-state index in [1.807, 2.05) is 4.68 Å². The van der Waals surface area contributed by atoms with Crippen LogP contribution in [0.5, 0.6) is 0 Å². The van der Waals surface area contributed by atoms with E-state index in [-0.39, 0.29) is 0 Å². The van der Waals surface area contributed by atoms with Gasteiger partial charge < -0.3 is 0 Å². The summed E-state index contributed by atoms with van der Waals surface area (Å²) in [5.74, 6) is 0.520. The van der Waals surface area contributed by atoms with Gasteiger partial charge in [0.1, 0.15) is 0 Å². The second kappa shape index (κ2) is 4.92. The lowest BCUT2D eigenvalue weighted by atomic mass is 10.1. The Bertz CT molecular complexity index is 359. The van der Waals surface area contributed by atoms with Gasteiger partial charge in [-0.05, 0) is 19.3 Å². The van der Waals surface area contributed by atoms with Crippen molar-refractivity contribution in [3.05, 3.63) is 11.4 Å². The lowest BCUT2D eigenvalue weighted by Gasteiger charge is -2.17. The molecule has 0 aromatic carbocycles. The second-order valence-corrected chi connectivity index (χ2v) is 4.10. The quantitative estimate of drug-likeness (QED) is 0.758. The summed E-state index contributed by atoms with van der Waals surface area (Å²) in [4.78, 5) is 0. The zero-order chi connectivity index (χ0) is 11.4. The monoisotopic (exact) mass is 206 g/mol. The first-order chi connectivity index (χ1) is 7.11. The molecule has 1 aromatic rings. The molecule has 1 rings (SSSR count). The van der Waals surface area contributed by atoms with Crippen molar-refractivity contribution in [3.8, 4) is 6.07 Å². The van der Waals surface area contributed by atoms with E-state index in [4.69, 9.17) is 5.26 Å². The van der Waals surface area contributed by atoms with E-state index in [1.165, 1.54) is 0 Å². The zero-order valence-electron chi connectivity index (χ0n) is 9.86. The summed E-state index contributed by atoms with van der Waals surface area (Å²) in [5, 5.41) is 16.9. The van der Waals surface area contributed by atoms with E-state index in [0.29, 0.717) is 18.4 Å². The second-order valence-electron chi connectivity index (χ2n) is 4.10. The Morgan fingerprint density at radius 1 is 1.40 bits per heavy atom. The third-order valence-electron chi connectivity index (χ3n) is 2.80. The third-order valence-corrected chi connectivity index (χ3v) is 2.80. The normalized spacial score (nSPS) is 12.8. The molecule has 1 heterocycles. The largest absolute Gasteiger partial charge is 0.246 e. The predicted molar refractivity (Wildman–Crippen MR) is 58.3 cm³/mol. The highest BCUT2D eigenvalue weighted by molar-refractivity contribution is 5.14. The molecule has 0 aliphatic heterocycles. The first kappa shape index (κ1) is 11.7. The van der Waals surface area contributed by atoms with Crippen LogP contribution in [0.3, 0.4) is 0 Å². The van der Waals surface area contributed by atoms with Gasteiger partial charge in [-0.25, -0.2) is 4.68 Å². The van der Waals surface area contributed by atoms with Crippen LogP contribution in [-0.4, -0.2) is 15.0 Å². The van der Waals surface area contributed by atoms with Crippen LogP contribution in [0.25, 0.3) is 0 Å². The number of hydrogen-bond donors (Lipinski definition) is 0. The van der Waals surface area contributed by atoms with Crippen molar-refractivity contribution in [2.24, 2.45) is 5.92 Å². The van der Waals surface area contributed by atoms with Crippen molar-refractivity contribution in [1.29, 1.82) is 5.26 Å². The SMILES string of the molecule is CCc1c(CC#N)nnn1C(C)C(C)C. The molecule has 0 bridgehead atoms. The number of aromatic nitrogens is 3. The van der Waals surface area contributed by atoms with Gasteiger partial charge >= 0.3 is 0 Å². The fraction of sp³-hybridized carbons (Fsp3) is 0.727. The van der Waals surface area contributed by atoms with Gasteiger partial charge in [0.05, 0.1) is 29.9 Å². The highest BCUT2D eigenvalue weighted by Gasteiger charge is 2.17.